The number of aryl methyl sites for hydroxylation is 1. The van der Waals surface area contributed by atoms with Crippen molar-refractivity contribution in [1.82, 2.24) is 14.9 Å². The molecule has 2 aromatic heterocycles. The minimum Gasteiger partial charge on any atom is -0.390 e. The monoisotopic (exact) mass is 472 g/mol. The van der Waals surface area contributed by atoms with Crippen molar-refractivity contribution in [3.05, 3.63) is 59.5 Å². The Bertz CT molecular complexity index is 1230. The van der Waals surface area contributed by atoms with Crippen LogP contribution >= 0.6 is 0 Å². The summed E-state index contributed by atoms with van der Waals surface area (Å²) in [7, 11) is 0. The zero-order chi connectivity index (χ0) is 24.4. The molecule has 5 rings (SSSR count). The van der Waals surface area contributed by atoms with E-state index in [1.165, 1.54) is 0 Å². The van der Waals surface area contributed by atoms with E-state index in [9.17, 15) is 10.4 Å². The Morgan fingerprint density at radius 1 is 1.11 bits per heavy atom. The van der Waals surface area contributed by atoms with Crippen LogP contribution in [0.1, 0.15) is 23.9 Å². The van der Waals surface area contributed by atoms with Crippen LogP contribution < -0.4 is 9.80 Å². The fraction of sp³-hybridized carbons (Fsp3) is 0.444. The molecule has 3 aromatic rings. The van der Waals surface area contributed by atoms with Gasteiger partial charge in [-0.25, -0.2) is 0 Å². The van der Waals surface area contributed by atoms with Crippen LogP contribution in [0.3, 0.4) is 0 Å². The number of aliphatic hydroxyl groups excluding tert-OH is 1. The third kappa shape index (κ3) is 5.08. The molecule has 4 heterocycles. The van der Waals surface area contributed by atoms with Gasteiger partial charge in [0.05, 0.1) is 35.6 Å². The molecule has 2 saturated heterocycles. The van der Waals surface area contributed by atoms with E-state index >= 15 is 0 Å². The number of ether oxygens (including phenoxy) is 1. The summed E-state index contributed by atoms with van der Waals surface area (Å²) in [5.41, 5.74) is 5.27. The number of anilines is 2. The van der Waals surface area contributed by atoms with Crippen molar-refractivity contribution in [3.8, 4) is 6.07 Å². The quantitative estimate of drug-likeness (QED) is 0.607. The lowest BCUT2D eigenvalue weighted by Gasteiger charge is -2.42. The third-order valence-electron chi connectivity index (χ3n) is 6.89. The molecule has 0 spiro atoms. The van der Waals surface area contributed by atoms with Crippen molar-refractivity contribution >= 4 is 22.3 Å². The van der Waals surface area contributed by atoms with Crippen LogP contribution in [0.25, 0.3) is 10.9 Å². The Hall–Kier alpha value is -3.25. The van der Waals surface area contributed by atoms with Gasteiger partial charge >= 0.3 is 0 Å². The standard InChI is InChI=1S/C27H32N6O2/c1-19-12-23(13-22(18-34)30-19)32-10-8-31(9-11-32)16-24-17-33(15-20(2)35-24)26-6-5-21(14-28)27-25(26)4-3-7-29-27/h3-7,12-13,20,24,34H,8-11,15-18H2,1-2H3. The number of hydrogen-bond donors (Lipinski definition) is 1. The summed E-state index contributed by atoms with van der Waals surface area (Å²) in [4.78, 5) is 16.1. The van der Waals surface area contributed by atoms with E-state index in [4.69, 9.17) is 4.74 Å². The summed E-state index contributed by atoms with van der Waals surface area (Å²) in [6, 6.07) is 14.3. The smallest absolute Gasteiger partial charge is 0.101 e. The molecule has 0 radical (unpaired) electrons. The number of hydrogen-bond acceptors (Lipinski definition) is 8. The number of piperazine rings is 1. The molecule has 2 aliphatic rings. The fourth-order valence-corrected chi connectivity index (χ4v) is 5.32. The molecule has 2 fully saturated rings. The molecule has 0 amide bonds. The van der Waals surface area contributed by atoms with Gasteiger partial charge in [0.1, 0.15) is 6.07 Å². The Kier molecular flexibility index (Phi) is 6.82. The minimum atomic E-state index is -0.0348. The molecule has 2 unspecified atom stereocenters. The zero-order valence-corrected chi connectivity index (χ0v) is 20.4. The molecule has 8 nitrogen and oxygen atoms in total. The first-order valence-corrected chi connectivity index (χ1v) is 12.3. The largest absolute Gasteiger partial charge is 0.390 e. The summed E-state index contributed by atoms with van der Waals surface area (Å²) in [6.45, 7) is 10.4. The summed E-state index contributed by atoms with van der Waals surface area (Å²) in [5.74, 6) is 0. The number of aliphatic hydroxyl groups is 1. The van der Waals surface area contributed by atoms with E-state index in [0.29, 0.717) is 5.56 Å². The Morgan fingerprint density at radius 2 is 1.94 bits per heavy atom. The molecule has 0 saturated carbocycles. The first kappa shape index (κ1) is 23.5. The van der Waals surface area contributed by atoms with E-state index < -0.39 is 0 Å². The highest BCUT2D eigenvalue weighted by Gasteiger charge is 2.29. The van der Waals surface area contributed by atoms with Gasteiger partial charge in [-0.2, -0.15) is 5.26 Å². The third-order valence-corrected chi connectivity index (χ3v) is 6.89. The first-order valence-electron chi connectivity index (χ1n) is 12.3. The number of nitriles is 1. The van der Waals surface area contributed by atoms with Crippen LogP contribution in [-0.2, 0) is 11.3 Å². The number of morpholine rings is 1. The molecule has 1 N–H and O–H groups in total. The molecule has 2 aliphatic heterocycles. The number of nitrogens with zero attached hydrogens (tertiary/aromatic N) is 6. The van der Waals surface area contributed by atoms with Gasteiger partial charge in [-0.05, 0) is 50.2 Å². The Balaban J connectivity index is 1.25. The molecule has 2 atom stereocenters. The maximum atomic E-state index is 9.49. The summed E-state index contributed by atoms with van der Waals surface area (Å²) < 4.78 is 6.35. The predicted octanol–water partition coefficient (Wildman–Crippen LogP) is 2.72. The van der Waals surface area contributed by atoms with Gasteiger partial charge in [0.2, 0.25) is 0 Å². The summed E-state index contributed by atoms with van der Waals surface area (Å²) in [6.07, 6.45) is 1.97. The van der Waals surface area contributed by atoms with Crippen LogP contribution in [0.2, 0.25) is 0 Å². The second-order valence-electron chi connectivity index (χ2n) is 9.52. The van der Waals surface area contributed by atoms with Gasteiger partial charge in [0, 0.05) is 74.5 Å². The van der Waals surface area contributed by atoms with Crippen LogP contribution in [0.5, 0.6) is 0 Å². The normalized spacial score (nSPS) is 21.3. The highest BCUT2D eigenvalue weighted by molar-refractivity contribution is 5.95. The van der Waals surface area contributed by atoms with Crippen LogP contribution in [0.15, 0.2) is 42.6 Å². The highest BCUT2D eigenvalue weighted by atomic mass is 16.5. The van der Waals surface area contributed by atoms with Crippen LogP contribution in [0.4, 0.5) is 11.4 Å². The van der Waals surface area contributed by atoms with Gasteiger partial charge in [-0.3, -0.25) is 14.9 Å². The van der Waals surface area contributed by atoms with Crippen molar-refractivity contribution in [2.75, 3.05) is 55.6 Å². The van der Waals surface area contributed by atoms with Gasteiger partial charge in [-0.15, -0.1) is 0 Å². The molecule has 35 heavy (non-hydrogen) atoms. The average molecular weight is 473 g/mol. The zero-order valence-electron chi connectivity index (χ0n) is 20.4. The van der Waals surface area contributed by atoms with Crippen LogP contribution in [0, 0.1) is 18.3 Å². The summed E-state index contributed by atoms with van der Waals surface area (Å²) in [5, 5.41) is 20.0. The van der Waals surface area contributed by atoms with E-state index in [-0.39, 0.29) is 18.8 Å². The van der Waals surface area contributed by atoms with Crippen molar-refractivity contribution in [3.63, 3.8) is 0 Å². The van der Waals surface area contributed by atoms with Gasteiger partial charge in [0.25, 0.3) is 0 Å². The second kappa shape index (κ2) is 10.2. The van der Waals surface area contributed by atoms with Crippen molar-refractivity contribution in [2.24, 2.45) is 0 Å². The number of fused-ring (bicyclic) bond motifs is 1. The van der Waals surface area contributed by atoms with Gasteiger partial charge in [0.15, 0.2) is 0 Å². The van der Waals surface area contributed by atoms with E-state index in [1.807, 2.05) is 31.2 Å². The Morgan fingerprint density at radius 3 is 2.71 bits per heavy atom. The van der Waals surface area contributed by atoms with E-state index in [1.54, 1.807) is 6.20 Å². The van der Waals surface area contributed by atoms with Crippen molar-refractivity contribution in [2.45, 2.75) is 32.7 Å². The Labute approximate surface area is 206 Å². The van der Waals surface area contributed by atoms with Crippen LogP contribution in [-0.4, -0.2) is 78.0 Å². The average Bonchev–Trinajstić information content (AvgIpc) is 2.87. The number of rotatable bonds is 5. The molecular weight excluding hydrogens is 440 g/mol. The van der Waals surface area contributed by atoms with Gasteiger partial charge < -0.3 is 19.6 Å². The SMILES string of the molecule is Cc1cc(N2CCN(CC3CN(c4ccc(C#N)c5ncccc45)CC(C)O3)CC2)cc(CO)n1. The number of pyridine rings is 2. The first-order chi connectivity index (χ1) is 17.0. The summed E-state index contributed by atoms with van der Waals surface area (Å²) >= 11 is 0. The number of aromatic nitrogens is 2. The fourth-order valence-electron chi connectivity index (χ4n) is 5.32. The van der Waals surface area contributed by atoms with Crippen molar-refractivity contribution in [1.29, 1.82) is 5.26 Å². The highest BCUT2D eigenvalue weighted by Crippen LogP contribution is 2.30. The maximum absolute atomic E-state index is 9.49. The lowest BCUT2D eigenvalue weighted by atomic mass is 10.1. The minimum absolute atomic E-state index is 0.0348. The van der Waals surface area contributed by atoms with Crippen molar-refractivity contribution < 1.29 is 9.84 Å². The topological polar surface area (TPSA) is 88.8 Å². The lowest BCUT2D eigenvalue weighted by Crippen LogP contribution is -2.54. The molecule has 0 bridgehead atoms. The molecule has 0 aliphatic carbocycles. The van der Waals surface area contributed by atoms with E-state index in [0.717, 1.165) is 79.5 Å². The van der Waals surface area contributed by atoms with Gasteiger partial charge in [-0.1, -0.05) is 0 Å². The number of benzene rings is 1. The van der Waals surface area contributed by atoms with E-state index in [2.05, 4.69) is 49.8 Å². The second-order valence-corrected chi connectivity index (χ2v) is 9.52. The predicted molar refractivity (Wildman–Crippen MR) is 137 cm³/mol. The molecule has 8 heteroatoms. The molecule has 1 aromatic carbocycles. The lowest BCUT2D eigenvalue weighted by molar-refractivity contribution is -0.0327. The molecule has 182 valence electrons. The molecular formula is C27H32N6O2. The maximum Gasteiger partial charge on any atom is 0.101 e.